The van der Waals surface area contributed by atoms with Crippen molar-refractivity contribution in [1.29, 1.82) is 0 Å². The Morgan fingerprint density at radius 2 is 1.42 bits per heavy atom. The number of rotatable bonds is 25. The fourth-order valence-electron chi connectivity index (χ4n) is 2.72. The molecule has 1 unspecified atom stereocenters. The fourth-order valence-corrected chi connectivity index (χ4v) is 3.35. The molecule has 0 radical (unpaired) electrons. The molecule has 0 saturated heterocycles. The normalized spacial score (nSPS) is 12.2. The van der Waals surface area contributed by atoms with Crippen molar-refractivity contribution in [3.63, 3.8) is 0 Å². The van der Waals surface area contributed by atoms with Crippen molar-refractivity contribution in [2.75, 3.05) is 84.6 Å². The smallest absolute Gasteiger partial charge is 0.222 e. The van der Waals surface area contributed by atoms with Gasteiger partial charge in [0.15, 0.2) is 0 Å². The molecule has 0 aliphatic carbocycles. The van der Waals surface area contributed by atoms with Gasteiger partial charge in [-0.15, -0.1) is 0 Å². The zero-order valence-electron chi connectivity index (χ0n) is 24.1. The number of thioether (sulfide) groups is 1. The molecule has 0 fully saturated rings. The molecule has 0 aromatic rings. The molecule has 1 atom stereocenters. The van der Waals surface area contributed by atoms with Crippen molar-refractivity contribution in [3.05, 3.63) is 12.2 Å². The Morgan fingerprint density at radius 1 is 0.833 bits per heavy atom. The summed E-state index contributed by atoms with van der Waals surface area (Å²) < 4.78 is 28.1. The van der Waals surface area contributed by atoms with Crippen LogP contribution in [0.3, 0.4) is 0 Å². The third-order valence-electron chi connectivity index (χ3n) is 4.47. The summed E-state index contributed by atoms with van der Waals surface area (Å²) in [5.41, 5.74) is 0. The first kappa shape index (κ1) is 37.5. The molecule has 0 bridgehead atoms. The van der Waals surface area contributed by atoms with Gasteiger partial charge in [0.05, 0.1) is 59.0 Å². The Labute approximate surface area is 225 Å². The van der Waals surface area contributed by atoms with E-state index in [1.807, 2.05) is 19.9 Å². The van der Waals surface area contributed by atoms with Crippen LogP contribution in [0.4, 0.5) is 0 Å². The number of hydrogen-bond donors (Lipinski definition) is 2. The summed E-state index contributed by atoms with van der Waals surface area (Å²) in [5.74, 6) is 1.42. The van der Waals surface area contributed by atoms with E-state index in [0.29, 0.717) is 84.4 Å². The molecule has 2 N–H and O–H groups in total. The SMILES string of the molecule is CC.CSCC(CCOCCOCCNC(C)C)OCCOCCOCCC(=O)NC/C=C/C(C)C. The van der Waals surface area contributed by atoms with Crippen molar-refractivity contribution < 1.29 is 28.5 Å². The highest BCUT2D eigenvalue weighted by Gasteiger charge is 2.08. The van der Waals surface area contributed by atoms with Gasteiger partial charge in [-0.1, -0.05) is 53.7 Å². The highest BCUT2D eigenvalue weighted by molar-refractivity contribution is 7.98. The average Bonchev–Trinajstić information content (AvgIpc) is 2.85. The van der Waals surface area contributed by atoms with E-state index in [2.05, 4.69) is 50.7 Å². The van der Waals surface area contributed by atoms with Gasteiger partial charge >= 0.3 is 0 Å². The van der Waals surface area contributed by atoms with Crippen LogP contribution in [-0.4, -0.2) is 103 Å². The van der Waals surface area contributed by atoms with E-state index >= 15 is 0 Å². The molecule has 0 aliphatic rings. The second kappa shape index (κ2) is 30.5. The summed E-state index contributed by atoms with van der Waals surface area (Å²) in [6, 6.07) is 0.485. The van der Waals surface area contributed by atoms with Gasteiger partial charge in [-0.25, -0.2) is 0 Å². The summed E-state index contributed by atoms with van der Waals surface area (Å²) in [6.45, 7) is 18.9. The number of carbonyl (C=O) groups excluding carboxylic acids is 1. The standard InChI is InChI=1S/C25H50N2O6S.C2H6/c1-22(2)7-6-10-27-25(28)9-13-30-16-18-32-19-20-33-24(21-34-5)8-12-29-15-17-31-14-11-26-23(3)4;1-2/h6-7,22-24,26H,8-21H2,1-5H3,(H,27,28);1-2H3/b7-6+;. The van der Waals surface area contributed by atoms with E-state index < -0.39 is 0 Å². The van der Waals surface area contributed by atoms with Crippen LogP contribution < -0.4 is 10.6 Å². The van der Waals surface area contributed by atoms with Gasteiger partial charge in [0, 0.05) is 37.9 Å². The van der Waals surface area contributed by atoms with Crippen LogP contribution in [-0.2, 0) is 28.5 Å². The summed E-state index contributed by atoms with van der Waals surface area (Å²) >= 11 is 1.77. The minimum absolute atomic E-state index is 0.00185. The zero-order chi connectivity index (χ0) is 27.3. The van der Waals surface area contributed by atoms with Gasteiger partial charge < -0.3 is 34.3 Å². The van der Waals surface area contributed by atoms with Crippen LogP contribution in [0, 0.1) is 5.92 Å². The van der Waals surface area contributed by atoms with Crippen LogP contribution in [0.25, 0.3) is 0 Å². The lowest BCUT2D eigenvalue weighted by Crippen LogP contribution is -2.27. The monoisotopic (exact) mass is 536 g/mol. The Morgan fingerprint density at radius 3 is 2.03 bits per heavy atom. The highest BCUT2D eigenvalue weighted by atomic mass is 32.2. The largest absolute Gasteiger partial charge is 0.379 e. The fraction of sp³-hybridized carbons (Fsp3) is 0.889. The van der Waals surface area contributed by atoms with Crippen LogP contribution in [0.2, 0.25) is 0 Å². The molecule has 0 aromatic carbocycles. The first-order chi connectivity index (χ1) is 17.5. The maximum Gasteiger partial charge on any atom is 0.222 e. The van der Waals surface area contributed by atoms with Gasteiger partial charge in [0.25, 0.3) is 0 Å². The van der Waals surface area contributed by atoms with Crippen molar-refractivity contribution in [1.82, 2.24) is 10.6 Å². The number of nitrogens with one attached hydrogen (secondary N) is 2. The molecule has 36 heavy (non-hydrogen) atoms. The third kappa shape index (κ3) is 31.4. The van der Waals surface area contributed by atoms with Gasteiger partial charge in [0.1, 0.15) is 0 Å². The van der Waals surface area contributed by atoms with E-state index in [9.17, 15) is 4.79 Å². The van der Waals surface area contributed by atoms with E-state index in [-0.39, 0.29) is 12.0 Å². The predicted octanol–water partition coefficient (Wildman–Crippen LogP) is 3.93. The number of hydrogen-bond acceptors (Lipinski definition) is 8. The Bertz CT molecular complexity index is 481. The van der Waals surface area contributed by atoms with Crippen LogP contribution in [0.1, 0.15) is 54.4 Å². The number of carbonyl (C=O) groups is 1. The molecule has 0 rings (SSSR count). The Balaban J connectivity index is 0. The molecular formula is C27H56N2O6S. The number of allylic oxidation sites excluding steroid dienone is 1. The number of amides is 1. The van der Waals surface area contributed by atoms with Crippen LogP contribution >= 0.6 is 11.8 Å². The maximum absolute atomic E-state index is 11.7. The Kier molecular flexibility index (Phi) is 31.8. The van der Waals surface area contributed by atoms with Gasteiger partial charge in [0.2, 0.25) is 5.91 Å². The predicted molar refractivity (Wildman–Crippen MR) is 152 cm³/mol. The first-order valence-electron chi connectivity index (χ1n) is 13.5. The second-order valence-corrected chi connectivity index (χ2v) is 9.43. The average molecular weight is 537 g/mol. The molecule has 0 heterocycles. The van der Waals surface area contributed by atoms with Gasteiger partial charge in [-0.2, -0.15) is 11.8 Å². The van der Waals surface area contributed by atoms with Crippen LogP contribution in [0.15, 0.2) is 12.2 Å². The van der Waals surface area contributed by atoms with Crippen molar-refractivity contribution in [2.45, 2.75) is 66.5 Å². The van der Waals surface area contributed by atoms with Crippen molar-refractivity contribution in [3.8, 4) is 0 Å². The quantitative estimate of drug-likeness (QED) is 0.134. The lowest BCUT2D eigenvalue weighted by Gasteiger charge is -2.17. The molecule has 8 nitrogen and oxygen atoms in total. The van der Waals surface area contributed by atoms with E-state index in [1.54, 1.807) is 11.8 Å². The summed E-state index contributed by atoms with van der Waals surface area (Å²) in [7, 11) is 0. The van der Waals surface area contributed by atoms with Gasteiger partial charge in [-0.3, -0.25) is 4.79 Å². The Hall–Kier alpha value is -0.680. The van der Waals surface area contributed by atoms with Crippen molar-refractivity contribution in [2.24, 2.45) is 5.92 Å². The molecule has 0 saturated carbocycles. The van der Waals surface area contributed by atoms with Crippen LogP contribution in [0.5, 0.6) is 0 Å². The maximum atomic E-state index is 11.7. The third-order valence-corrected chi connectivity index (χ3v) is 5.18. The molecule has 216 valence electrons. The summed E-state index contributed by atoms with van der Waals surface area (Å²) in [4.78, 5) is 11.7. The molecule has 0 aliphatic heterocycles. The second-order valence-electron chi connectivity index (χ2n) is 8.52. The first-order valence-corrected chi connectivity index (χ1v) is 14.9. The summed E-state index contributed by atoms with van der Waals surface area (Å²) in [5, 5.41) is 6.15. The van der Waals surface area contributed by atoms with Gasteiger partial charge in [-0.05, 0) is 18.6 Å². The lowest BCUT2D eigenvalue weighted by molar-refractivity contribution is -0.122. The zero-order valence-corrected chi connectivity index (χ0v) is 25.0. The van der Waals surface area contributed by atoms with E-state index in [1.165, 1.54) is 0 Å². The number of ether oxygens (including phenoxy) is 5. The molecule has 0 spiro atoms. The van der Waals surface area contributed by atoms with Crippen molar-refractivity contribution >= 4 is 17.7 Å². The topological polar surface area (TPSA) is 87.3 Å². The van der Waals surface area contributed by atoms with E-state index in [4.69, 9.17) is 23.7 Å². The summed E-state index contributed by atoms with van der Waals surface area (Å²) in [6.07, 6.45) is 7.49. The molecule has 1 amide bonds. The molecule has 0 aromatic heterocycles. The molecular weight excluding hydrogens is 480 g/mol. The minimum atomic E-state index is -0.00185. The lowest BCUT2D eigenvalue weighted by atomic mass is 10.2. The highest BCUT2D eigenvalue weighted by Crippen LogP contribution is 2.06. The van der Waals surface area contributed by atoms with E-state index in [0.717, 1.165) is 18.7 Å². The molecule has 9 heteroatoms. The minimum Gasteiger partial charge on any atom is -0.379 e.